The highest BCUT2D eigenvalue weighted by atomic mass is 19.2. The molecular weight excluding hydrogens is 340 g/mol. The van der Waals surface area contributed by atoms with Crippen LogP contribution in [0.5, 0.6) is 0 Å². The number of fused-ring (bicyclic) bond motifs is 1. The number of ether oxygens (including phenoxy) is 1. The Morgan fingerprint density at radius 1 is 1.19 bits per heavy atom. The molecule has 3 aromatic rings. The number of amides is 1. The zero-order valence-corrected chi connectivity index (χ0v) is 14.3. The second-order valence-electron chi connectivity index (χ2n) is 5.72. The fourth-order valence-electron chi connectivity index (χ4n) is 2.62. The Labute approximate surface area is 149 Å². The van der Waals surface area contributed by atoms with E-state index in [0.29, 0.717) is 42.0 Å². The van der Waals surface area contributed by atoms with E-state index >= 15 is 0 Å². The van der Waals surface area contributed by atoms with Crippen LogP contribution < -0.4 is 5.32 Å². The Bertz CT molecular complexity index is 924. The molecule has 0 aliphatic heterocycles. The van der Waals surface area contributed by atoms with Crippen LogP contribution in [0.25, 0.3) is 16.7 Å². The monoisotopic (exact) mass is 359 g/mol. The lowest BCUT2D eigenvalue weighted by molar-refractivity contribution is 0.0944. The summed E-state index contributed by atoms with van der Waals surface area (Å²) in [7, 11) is 0. The largest absolute Gasteiger partial charge is 0.382 e. The van der Waals surface area contributed by atoms with Gasteiger partial charge in [-0.15, -0.1) is 0 Å². The Balaban J connectivity index is 1.76. The topological polar surface area (TPSA) is 56.1 Å². The van der Waals surface area contributed by atoms with Crippen LogP contribution in [0.4, 0.5) is 8.78 Å². The number of carbonyl (C=O) groups excluding carboxylic acids is 1. The van der Waals surface area contributed by atoms with Gasteiger partial charge in [0.05, 0.1) is 16.7 Å². The van der Waals surface area contributed by atoms with Crippen molar-refractivity contribution < 1.29 is 18.3 Å². The van der Waals surface area contributed by atoms with E-state index in [1.165, 1.54) is 12.4 Å². The van der Waals surface area contributed by atoms with Gasteiger partial charge >= 0.3 is 0 Å². The van der Waals surface area contributed by atoms with Gasteiger partial charge in [-0.2, -0.15) is 0 Å². The molecule has 7 heteroatoms. The summed E-state index contributed by atoms with van der Waals surface area (Å²) in [6.45, 7) is 3.72. The smallest absolute Gasteiger partial charge is 0.251 e. The summed E-state index contributed by atoms with van der Waals surface area (Å²) in [6, 6.07) is 8.73. The molecule has 0 radical (unpaired) electrons. The summed E-state index contributed by atoms with van der Waals surface area (Å²) in [4.78, 5) is 16.5. The predicted molar refractivity (Wildman–Crippen MR) is 94.4 cm³/mol. The Hall–Kier alpha value is -2.80. The molecule has 0 saturated carbocycles. The maximum Gasteiger partial charge on any atom is 0.251 e. The van der Waals surface area contributed by atoms with Crippen molar-refractivity contribution in [2.24, 2.45) is 0 Å². The van der Waals surface area contributed by atoms with Crippen LogP contribution in [0.1, 0.15) is 23.7 Å². The summed E-state index contributed by atoms with van der Waals surface area (Å²) in [5.41, 5.74) is 2.24. The van der Waals surface area contributed by atoms with E-state index in [0.717, 1.165) is 18.6 Å². The molecule has 3 rings (SSSR count). The van der Waals surface area contributed by atoms with E-state index in [1.54, 1.807) is 22.8 Å². The van der Waals surface area contributed by atoms with Crippen LogP contribution in [0.2, 0.25) is 0 Å². The molecular formula is C19H19F2N3O2. The molecule has 1 N–H and O–H groups in total. The molecule has 0 aliphatic carbocycles. The Kier molecular flexibility index (Phi) is 5.58. The second-order valence-corrected chi connectivity index (χ2v) is 5.72. The molecule has 1 aromatic heterocycles. The number of benzene rings is 2. The van der Waals surface area contributed by atoms with Gasteiger partial charge in [0.1, 0.15) is 6.33 Å². The highest BCUT2D eigenvalue weighted by Gasteiger charge is 2.11. The molecule has 0 saturated heterocycles. The fourth-order valence-corrected chi connectivity index (χ4v) is 2.62. The van der Waals surface area contributed by atoms with Crippen LogP contribution in [-0.2, 0) is 4.74 Å². The van der Waals surface area contributed by atoms with E-state index in [2.05, 4.69) is 10.3 Å². The van der Waals surface area contributed by atoms with E-state index in [-0.39, 0.29) is 5.91 Å². The maximum atomic E-state index is 13.5. The van der Waals surface area contributed by atoms with Gasteiger partial charge in [-0.3, -0.25) is 9.36 Å². The molecule has 5 nitrogen and oxygen atoms in total. The number of hydrogen-bond acceptors (Lipinski definition) is 3. The van der Waals surface area contributed by atoms with Crippen molar-refractivity contribution in [2.75, 3.05) is 19.8 Å². The van der Waals surface area contributed by atoms with Crippen molar-refractivity contribution in [1.29, 1.82) is 0 Å². The SMILES string of the molecule is CCOCCCNC(=O)c1ccc2c(c1)ncn2-c1ccc(F)c(F)c1. The summed E-state index contributed by atoms with van der Waals surface area (Å²) in [6.07, 6.45) is 2.26. The van der Waals surface area contributed by atoms with Gasteiger partial charge < -0.3 is 10.1 Å². The van der Waals surface area contributed by atoms with Crippen molar-refractivity contribution >= 4 is 16.9 Å². The van der Waals surface area contributed by atoms with Gasteiger partial charge in [0.25, 0.3) is 5.91 Å². The first-order valence-electron chi connectivity index (χ1n) is 8.38. The van der Waals surface area contributed by atoms with Crippen molar-refractivity contribution in [2.45, 2.75) is 13.3 Å². The van der Waals surface area contributed by atoms with Crippen molar-refractivity contribution in [1.82, 2.24) is 14.9 Å². The third kappa shape index (κ3) is 3.88. The average Bonchev–Trinajstić information content (AvgIpc) is 3.07. The molecule has 0 atom stereocenters. The normalized spacial score (nSPS) is 11.0. The number of imidazole rings is 1. The van der Waals surface area contributed by atoms with Gasteiger partial charge in [0.15, 0.2) is 11.6 Å². The number of halogens is 2. The predicted octanol–water partition coefficient (Wildman–Crippen LogP) is 3.46. The lowest BCUT2D eigenvalue weighted by Gasteiger charge is -2.07. The molecule has 0 bridgehead atoms. The van der Waals surface area contributed by atoms with Gasteiger partial charge in [0.2, 0.25) is 0 Å². The number of hydrogen-bond donors (Lipinski definition) is 1. The minimum Gasteiger partial charge on any atom is -0.382 e. The van der Waals surface area contributed by atoms with Gasteiger partial charge in [-0.25, -0.2) is 13.8 Å². The van der Waals surface area contributed by atoms with E-state index in [4.69, 9.17) is 4.74 Å². The zero-order valence-electron chi connectivity index (χ0n) is 14.3. The first-order chi connectivity index (χ1) is 12.6. The number of nitrogens with zero attached hydrogens (tertiary/aromatic N) is 2. The fraction of sp³-hybridized carbons (Fsp3) is 0.263. The number of rotatable bonds is 7. The maximum absolute atomic E-state index is 13.5. The summed E-state index contributed by atoms with van der Waals surface area (Å²) >= 11 is 0. The minimum absolute atomic E-state index is 0.189. The van der Waals surface area contributed by atoms with Crippen LogP contribution >= 0.6 is 0 Å². The summed E-state index contributed by atoms with van der Waals surface area (Å²) in [5.74, 6) is -2.01. The summed E-state index contributed by atoms with van der Waals surface area (Å²) < 4.78 is 33.4. The van der Waals surface area contributed by atoms with Crippen LogP contribution in [-0.4, -0.2) is 35.2 Å². The number of carbonyl (C=O) groups is 1. The van der Waals surface area contributed by atoms with Crippen LogP contribution in [0.15, 0.2) is 42.7 Å². The van der Waals surface area contributed by atoms with Crippen molar-refractivity contribution in [3.8, 4) is 5.69 Å². The van der Waals surface area contributed by atoms with Crippen molar-refractivity contribution in [3.05, 3.63) is 59.9 Å². The molecule has 1 heterocycles. The molecule has 1 amide bonds. The molecule has 26 heavy (non-hydrogen) atoms. The second kappa shape index (κ2) is 8.05. The van der Waals surface area contributed by atoms with E-state index in [1.807, 2.05) is 6.92 Å². The molecule has 0 spiro atoms. The number of nitrogens with one attached hydrogen (secondary N) is 1. The minimum atomic E-state index is -0.924. The first-order valence-corrected chi connectivity index (χ1v) is 8.38. The molecule has 0 fully saturated rings. The average molecular weight is 359 g/mol. The van der Waals surface area contributed by atoms with E-state index < -0.39 is 11.6 Å². The quantitative estimate of drug-likeness (QED) is 0.658. The first kappa shape index (κ1) is 18.0. The van der Waals surface area contributed by atoms with Crippen molar-refractivity contribution in [3.63, 3.8) is 0 Å². The van der Waals surface area contributed by atoms with Gasteiger partial charge in [-0.1, -0.05) is 0 Å². The highest BCUT2D eigenvalue weighted by Crippen LogP contribution is 2.21. The Morgan fingerprint density at radius 3 is 2.81 bits per heavy atom. The lowest BCUT2D eigenvalue weighted by atomic mass is 10.2. The molecule has 0 aliphatic rings. The third-order valence-electron chi connectivity index (χ3n) is 3.95. The standard InChI is InChI=1S/C19H19F2N3O2/c1-2-26-9-3-8-22-19(25)13-4-7-18-17(10-13)23-12-24(18)14-5-6-15(20)16(21)11-14/h4-7,10-12H,2-3,8-9H2,1H3,(H,22,25). The Morgan fingerprint density at radius 2 is 2.04 bits per heavy atom. The number of aromatic nitrogens is 2. The molecule has 2 aromatic carbocycles. The van der Waals surface area contributed by atoms with Gasteiger partial charge in [0, 0.05) is 31.4 Å². The highest BCUT2D eigenvalue weighted by molar-refractivity contribution is 5.97. The van der Waals surface area contributed by atoms with Crippen LogP contribution in [0.3, 0.4) is 0 Å². The van der Waals surface area contributed by atoms with Crippen LogP contribution in [0, 0.1) is 11.6 Å². The van der Waals surface area contributed by atoms with E-state index in [9.17, 15) is 13.6 Å². The van der Waals surface area contributed by atoms with Gasteiger partial charge in [-0.05, 0) is 43.7 Å². The third-order valence-corrected chi connectivity index (χ3v) is 3.95. The zero-order chi connectivity index (χ0) is 18.5. The summed E-state index contributed by atoms with van der Waals surface area (Å²) in [5, 5.41) is 2.83. The molecule has 0 unspecified atom stereocenters. The lowest BCUT2D eigenvalue weighted by Crippen LogP contribution is -2.25. The molecule has 136 valence electrons.